The summed E-state index contributed by atoms with van der Waals surface area (Å²) in [5.41, 5.74) is 7.70. The summed E-state index contributed by atoms with van der Waals surface area (Å²) in [7, 11) is 0. The average molecular weight is 700 g/mol. The molecule has 0 aliphatic carbocycles. The van der Waals surface area contributed by atoms with Gasteiger partial charge in [0.1, 0.15) is 17.2 Å². The van der Waals surface area contributed by atoms with Crippen LogP contribution in [0.2, 0.25) is 4.34 Å². The topological polar surface area (TPSA) is 176 Å². The molecule has 4 aromatic rings. The molecule has 12 nitrogen and oxygen atoms in total. The lowest BCUT2D eigenvalue weighted by Crippen LogP contribution is -2.49. The predicted octanol–water partition coefficient (Wildman–Crippen LogP) is 4.56. The Bertz CT molecular complexity index is 1640. The van der Waals surface area contributed by atoms with Gasteiger partial charge < -0.3 is 20.8 Å². The third-order valence-electron chi connectivity index (χ3n) is 5.60. The van der Waals surface area contributed by atoms with Gasteiger partial charge in [-0.25, -0.2) is 19.6 Å². The second kappa shape index (κ2) is 14.8. The van der Waals surface area contributed by atoms with Crippen molar-refractivity contribution >= 4 is 68.8 Å². The van der Waals surface area contributed by atoms with E-state index >= 15 is 0 Å². The Balaban J connectivity index is 0.000000331. The van der Waals surface area contributed by atoms with E-state index in [9.17, 15) is 31.1 Å². The van der Waals surface area contributed by atoms with Gasteiger partial charge in [0.15, 0.2) is 5.01 Å². The number of carboxylic acids is 2. The molecule has 0 atom stereocenters. The van der Waals surface area contributed by atoms with Gasteiger partial charge in [0, 0.05) is 25.0 Å². The number of hydrogen-bond acceptors (Lipinski definition) is 11. The maximum atomic E-state index is 12.7. The molecule has 1 saturated heterocycles. The number of carbonyl (C=O) groups is 3. The van der Waals surface area contributed by atoms with Crippen molar-refractivity contribution in [1.82, 2.24) is 30.0 Å². The number of benzene rings is 1. The molecule has 1 fully saturated rings. The SMILES string of the molecule is Nc1ncnc2cc(CN3CCN(Cc4nnc(-c5ccc(Cl)s5)s4)CC3=O)ccc12.O=C(O)C(F)(F)F.O=C(O)C(F)(F)F. The van der Waals surface area contributed by atoms with Crippen LogP contribution in [-0.4, -0.2) is 90.0 Å². The number of piperazine rings is 1. The summed E-state index contributed by atoms with van der Waals surface area (Å²) >= 11 is 9.04. The molecule has 1 aliphatic heterocycles. The van der Waals surface area contributed by atoms with Crippen LogP contribution in [0.25, 0.3) is 20.8 Å². The third-order valence-corrected chi connectivity index (χ3v) is 7.91. The molecule has 1 amide bonds. The quantitative estimate of drug-likeness (QED) is 0.249. The fourth-order valence-corrected chi connectivity index (χ4v) is 5.51. The minimum atomic E-state index is -5.08. The Morgan fingerprint density at radius 3 is 2.13 bits per heavy atom. The van der Waals surface area contributed by atoms with Crippen LogP contribution in [-0.2, 0) is 27.5 Å². The van der Waals surface area contributed by atoms with E-state index in [4.69, 9.17) is 37.1 Å². The number of anilines is 1. The number of nitrogen functional groups attached to an aromatic ring is 1. The zero-order valence-corrected chi connectivity index (χ0v) is 24.7. The lowest BCUT2D eigenvalue weighted by molar-refractivity contribution is -0.193. The molecule has 0 saturated carbocycles. The van der Waals surface area contributed by atoms with Gasteiger partial charge in [-0.15, -0.1) is 21.5 Å². The Hall–Kier alpha value is -4.14. The number of halogens is 7. The monoisotopic (exact) mass is 699 g/mol. The fourth-order valence-electron chi connectivity index (χ4n) is 3.54. The molecule has 0 unspecified atom stereocenters. The van der Waals surface area contributed by atoms with Gasteiger partial charge in [-0.2, -0.15) is 26.3 Å². The highest BCUT2D eigenvalue weighted by Gasteiger charge is 2.39. The lowest BCUT2D eigenvalue weighted by atomic mass is 10.1. The van der Waals surface area contributed by atoms with Crippen molar-refractivity contribution in [2.24, 2.45) is 0 Å². The van der Waals surface area contributed by atoms with Crippen molar-refractivity contribution in [3.8, 4) is 9.88 Å². The van der Waals surface area contributed by atoms with E-state index < -0.39 is 24.3 Å². The number of amides is 1. The molecule has 5 rings (SSSR count). The summed E-state index contributed by atoms with van der Waals surface area (Å²) < 4.78 is 64.2. The number of aromatic nitrogens is 4. The van der Waals surface area contributed by atoms with Crippen molar-refractivity contribution in [2.45, 2.75) is 25.4 Å². The van der Waals surface area contributed by atoms with Crippen LogP contribution in [0, 0.1) is 0 Å². The van der Waals surface area contributed by atoms with Crippen LogP contribution in [0.5, 0.6) is 0 Å². The number of nitrogens with zero attached hydrogens (tertiary/aromatic N) is 6. The highest BCUT2D eigenvalue weighted by atomic mass is 35.5. The van der Waals surface area contributed by atoms with E-state index in [2.05, 4.69) is 25.1 Å². The molecule has 0 radical (unpaired) electrons. The molecule has 3 aromatic heterocycles. The standard InChI is InChI=1S/C20H18ClN7OS2.2C2HF3O2/c21-16-4-3-15(30-16)20-26-25-17(31-20)9-27-5-6-28(18(29)10-27)8-12-1-2-13-14(7-12)23-11-24-19(13)22;2*3-2(4,5)1(6)7/h1-4,7,11H,5-6,8-10H2,(H2,22,23,24);2*(H,6,7). The van der Waals surface area contributed by atoms with Gasteiger partial charge in [-0.3, -0.25) is 9.69 Å². The predicted molar refractivity (Wildman–Crippen MR) is 150 cm³/mol. The van der Waals surface area contributed by atoms with Crippen molar-refractivity contribution < 1.29 is 50.9 Å². The smallest absolute Gasteiger partial charge is 0.475 e. The molecule has 21 heteroatoms. The van der Waals surface area contributed by atoms with Gasteiger partial charge in [0.25, 0.3) is 0 Å². The number of rotatable bonds is 5. The Morgan fingerprint density at radius 2 is 1.58 bits per heavy atom. The third kappa shape index (κ3) is 10.5. The van der Waals surface area contributed by atoms with Gasteiger partial charge in [-0.05, 0) is 29.8 Å². The van der Waals surface area contributed by atoms with Crippen LogP contribution < -0.4 is 5.73 Å². The van der Waals surface area contributed by atoms with E-state index in [1.165, 1.54) is 17.7 Å². The molecule has 0 bridgehead atoms. The van der Waals surface area contributed by atoms with E-state index in [-0.39, 0.29) is 5.91 Å². The van der Waals surface area contributed by atoms with Crippen molar-refractivity contribution in [3.63, 3.8) is 0 Å². The molecule has 0 spiro atoms. The van der Waals surface area contributed by atoms with E-state index in [0.29, 0.717) is 32.0 Å². The van der Waals surface area contributed by atoms with Crippen molar-refractivity contribution in [2.75, 3.05) is 25.4 Å². The van der Waals surface area contributed by atoms with Crippen molar-refractivity contribution in [3.05, 3.63) is 51.6 Å². The lowest BCUT2D eigenvalue weighted by Gasteiger charge is -2.33. The van der Waals surface area contributed by atoms with Crippen molar-refractivity contribution in [1.29, 1.82) is 0 Å². The summed E-state index contributed by atoms with van der Waals surface area (Å²) in [6, 6.07) is 9.66. The number of hydrogen-bond donors (Lipinski definition) is 3. The zero-order valence-electron chi connectivity index (χ0n) is 22.3. The Labute approximate surface area is 261 Å². The van der Waals surface area contributed by atoms with Crippen LogP contribution >= 0.6 is 34.3 Å². The fraction of sp³-hybridized carbons (Fsp3) is 0.292. The molecule has 242 valence electrons. The van der Waals surface area contributed by atoms with E-state index in [0.717, 1.165) is 42.2 Å². The number of aliphatic carboxylic acids is 2. The minimum Gasteiger partial charge on any atom is -0.475 e. The molecule has 45 heavy (non-hydrogen) atoms. The first-order valence-corrected chi connectivity index (χ1v) is 14.1. The maximum absolute atomic E-state index is 12.7. The van der Waals surface area contributed by atoms with Gasteiger partial charge in [-0.1, -0.05) is 29.0 Å². The number of carboxylic acid groups (broad SMARTS) is 2. The maximum Gasteiger partial charge on any atom is 0.490 e. The zero-order chi connectivity index (χ0) is 33.5. The van der Waals surface area contributed by atoms with Crippen LogP contribution in [0.3, 0.4) is 0 Å². The highest BCUT2D eigenvalue weighted by Crippen LogP contribution is 2.33. The van der Waals surface area contributed by atoms with Gasteiger partial charge in [0.2, 0.25) is 5.91 Å². The number of alkyl halides is 6. The van der Waals surface area contributed by atoms with E-state index in [1.807, 2.05) is 35.2 Å². The summed E-state index contributed by atoms with van der Waals surface area (Å²) in [6.07, 6.45) is -8.71. The molecule has 1 aliphatic rings. The highest BCUT2D eigenvalue weighted by molar-refractivity contribution is 7.23. The molecule has 4 heterocycles. The normalized spacial score (nSPS) is 13.9. The van der Waals surface area contributed by atoms with Crippen LogP contribution in [0.1, 0.15) is 10.6 Å². The van der Waals surface area contributed by atoms with Crippen LogP contribution in [0.15, 0.2) is 36.7 Å². The van der Waals surface area contributed by atoms with Crippen LogP contribution in [0.4, 0.5) is 32.2 Å². The average Bonchev–Trinajstić information content (AvgIpc) is 3.59. The number of fused-ring (bicyclic) bond motifs is 1. The van der Waals surface area contributed by atoms with Gasteiger partial charge >= 0.3 is 24.3 Å². The Kier molecular flexibility index (Phi) is 11.6. The summed E-state index contributed by atoms with van der Waals surface area (Å²) in [6.45, 7) is 2.97. The largest absolute Gasteiger partial charge is 0.490 e. The first kappa shape index (κ1) is 35.3. The first-order valence-electron chi connectivity index (χ1n) is 12.1. The molecular weight excluding hydrogens is 680 g/mol. The molecule has 4 N–H and O–H groups in total. The number of thiophene rings is 1. The van der Waals surface area contributed by atoms with Gasteiger partial charge in [0.05, 0.1) is 27.8 Å². The van der Waals surface area contributed by atoms with E-state index in [1.54, 1.807) is 11.3 Å². The number of carbonyl (C=O) groups excluding carboxylic acids is 1. The summed E-state index contributed by atoms with van der Waals surface area (Å²) in [5, 5.41) is 25.4. The summed E-state index contributed by atoms with van der Waals surface area (Å²) in [4.78, 5) is 43.8. The molecule has 1 aromatic carbocycles. The Morgan fingerprint density at radius 1 is 0.933 bits per heavy atom. The number of nitrogens with two attached hydrogens (primary N) is 1. The second-order valence-corrected chi connectivity index (χ2v) is 11.6. The first-order chi connectivity index (χ1) is 20.9. The summed E-state index contributed by atoms with van der Waals surface area (Å²) in [5.74, 6) is -4.95. The second-order valence-electron chi connectivity index (χ2n) is 8.85. The molecular formula is C24H20ClF6N7O5S2. The minimum absolute atomic E-state index is 0.100.